The quantitative estimate of drug-likeness (QED) is 0.0441. The molecule has 0 unspecified atom stereocenters. The molecule has 9 rings (SSSR count). The third-order valence-corrected chi connectivity index (χ3v) is 11.9. The highest BCUT2D eigenvalue weighted by Gasteiger charge is 2.19. The Morgan fingerprint density at radius 3 is 1.19 bits per heavy atom. The molecular formula is C51H30BrCl4IO12. The van der Waals surface area contributed by atoms with Crippen LogP contribution in [-0.4, -0.2) is 17.9 Å². The SMILES string of the molecule is O=C(Oc1cccc(Br)c1)c1cc2cc(CCl)ccc2oc1=O.O=C(Oc1cccc(Cl)c1)c1cc2cc(CCl)ccc2oc1=O.O=C(Oc1cccc(I)c1)c1cc2cc(CCl)ccc2oc1=O. The molecule has 0 aliphatic carbocycles. The van der Waals surface area contributed by atoms with Gasteiger partial charge in [-0.3, -0.25) is 0 Å². The normalized spacial score (nSPS) is 10.7. The molecule has 0 atom stereocenters. The molecule has 6 aromatic carbocycles. The van der Waals surface area contributed by atoms with Gasteiger partial charge in [0, 0.05) is 46.9 Å². The van der Waals surface area contributed by atoms with E-state index in [2.05, 4.69) is 38.5 Å². The van der Waals surface area contributed by atoms with E-state index >= 15 is 0 Å². The Morgan fingerprint density at radius 2 is 0.826 bits per heavy atom. The summed E-state index contributed by atoms with van der Waals surface area (Å²) in [5, 5.41) is 2.26. The monoisotopic (exact) mass is 1180 g/mol. The van der Waals surface area contributed by atoms with Crippen molar-refractivity contribution in [1.82, 2.24) is 0 Å². The van der Waals surface area contributed by atoms with Crippen molar-refractivity contribution in [2.75, 3.05) is 0 Å². The largest absolute Gasteiger partial charge is 0.423 e. The maximum absolute atomic E-state index is 12.2. The van der Waals surface area contributed by atoms with Gasteiger partial charge in [-0.15, -0.1) is 34.8 Å². The Labute approximate surface area is 432 Å². The fraction of sp³-hybridized carbons (Fsp3) is 0.0588. The van der Waals surface area contributed by atoms with Crippen molar-refractivity contribution in [3.63, 3.8) is 0 Å². The molecule has 348 valence electrons. The van der Waals surface area contributed by atoms with E-state index < -0.39 is 34.8 Å². The van der Waals surface area contributed by atoms with Crippen molar-refractivity contribution in [2.24, 2.45) is 0 Å². The van der Waals surface area contributed by atoms with Gasteiger partial charge in [-0.1, -0.05) is 63.9 Å². The summed E-state index contributed by atoms with van der Waals surface area (Å²) in [6.07, 6.45) is 0. The summed E-state index contributed by atoms with van der Waals surface area (Å²) in [7, 11) is 0. The van der Waals surface area contributed by atoms with E-state index in [1.54, 1.807) is 115 Å². The number of benzene rings is 6. The summed E-state index contributed by atoms with van der Waals surface area (Å²) >= 11 is 28.6. The summed E-state index contributed by atoms with van der Waals surface area (Å²) in [4.78, 5) is 72.6. The Kier molecular flexibility index (Phi) is 17.1. The lowest BCUT2D eigenvalue weighted by molar-refractivity contribution is 0.0720. The van der Waals surface area contributed by atoms with Crippen molar-refractivity contribution in [1.29, 1.82) is 0 Å². The number of carbonyl (C=O) groups is 3. The maximum atomic E-state index is 12.2. The lowest BCUT2D eigenvalue weighted by atomic mass is 10.1. The standard InChI is InChI=1S/C17H10BrClO4.C17H10Cl2O4.C17H10ClIO4/c18-12-2-1-3-13(8-12)22-16(20)14-7-11-6-10(9-19)4-5-15(11)23-17(14)21;2*18-9-10-4-5-15-11(6-10)7-14(17(21)23-15)16(20)22-13-3-1-2-12(19)8-13/h3*1-8H,9H2. The predicted octanol–water partition coefficient (Wildman–Crippen LogP) is 13.3. The number of hydrogen-bond acceptors (Lipinski definition) is 12. The minimum atomic E-state index is -0.806. The van der Waals surface area contributed by atoms with E-state index in [4.69, 9.17) is 73.9 Å². The van der Waals surface area contributed by atoms with Crippen LogP contribution in [-0.2, 0) is 17.6 Å². The lowest BCUT2D eigenvalue weighted by Gasteiger charge is -2.05. The Balaban J connectivity index is 0.000000153. The zero-order valence-electron chi connectivity index (χ0n) is 35.1. The van der Waals surface area contributed by atoms with Crippen molar-refractivity contribution < 1.29 is 41.8 Å². The first-order valence-corrected chi connectivity index (χ1v) is 23.9. The van der Waals surface area contributed by atoms with E-state index in [9.17, 15) is 28.8 Å². The van der Waals surface area contributed by atoms with Gasteiger partial charge in [0.15, 0.2) is 0 Å². The minimum absolute atomic E-state index is 0.150. The number of carbonyl (C=O) groups excluding carboxylic acids is 3. The number of rotatable bonds is 9. The minimum Gasteiger partial charge on any atom is -0.423 e. The van der Waals surface area contributed by atoms with Crippen LogP contribution in [0.3, 0.4) is 0 Å². The van der Waals surface area contributed by atoms with Crippen molar-refractivity contribution in [3.8, 4) is 17.2 Å². The summed E-state index contributed by atoms with van der Waals surface area (Å²) in [5.41, 5.74) is 1.01. The van der Waals surface area contributed by atoms with Gasteiger partial charge in [0.25, 0.3) is 0 Å². The molecule has 0 fully saturated rings. The van der Waals surface area contributed by atoms with Crippen LogP contribution in [0.15, 0.2) is 178 Å². The first kappa shape index (κ1) is 50.6. The van der Waals surface area contributed by atoms with Crippen LogP contribution in [0.1, 0.15) is 47.8 Å². The Morgan fingerprint density at radius 1 is 0.464 bits per heavy atom. The number of halogens is 6. The number of hydrogen-bond donors (Lipinski definition) is 0. The average molecular weight is 1180 g/mol. The molecule has 12 nitrogen and oxygen atoms in total. The molecule has 0 aliphatic rings. The van der Waals surface area contributed by atoms with Crippen LogP contribution in [0.25, 0.3) is 32.9 Å². The number of ether oxygens (including phenoxy) is 3. The van der Waals surface area contributed by atoms with E-state index in [1.807, 2.05) is 6.07 Å². The molecule has 3 heterocycles. The van der Waals surface area contributed by atoms with E-state index in [0.717, 1.165) is 24.7 Å². The lowest BCUT2D eigenvalue weighted by Crippen LogP contribution is -2.18. The van der Waals surface area contributed by atoms with Gasteiger partial charge in [-0.2, -0.15) is 0 Å². The van der Waals surface area contributed by atoms with Gasteiger partial charge in [0.1, 0.15) is 50.7 Å². The van der Waals surface area contributed by atoms with Gasteiger partial charge >= 0.3 is 34.8 Å². The predicted molar refractivity (Wildman–Crippen MR) is 276 cm³/mol. The zero-order chi connectivity index (χ0) is 49.2. The molecule has 0 saturated heterocycles. The van der Waals surface area contributed by atoms with Gasteiger partial charge in [-0.25, -0.2) is 28.8 Å². The van der Waals surface area contributed by atoms with Gasteiger partial charge in [0.2, 0.25) is 0 Å². The third-order valence-electron chi connectivity index (χ3n) is 9.53. The van der Waals surface area contributed by atoms with Crippen molar-refractivity contribution >= 4 is 136 Å². The average Bonchev–Trinajstić information content (AvgIpc) is 3.33. The molecule has 3 aromatic heterocycles. The molecule has 9 aromatic rings. The highest BCUT2D eigenvalue weighted by molar-refractivity contribution is 14.1. The van der Waals surface area contributed by atoms with Crippen molar-refractivity contribution in [2.45, 2.75) is 17.6 Å². The molecule has 0 amide bonds. The van der Waals surface area contributed by atoms with E-state index in [-0.39, 0.29) is 22.4 Å². The number of esters is 3. The second kappa shape index (κ2) is 23.4. The van der Waals surface area contributed by atoms with E-state index in [1.165, 1.54) is 24.3 Å². The molecule has 0 saturated carbocycles. The van der Waals surface area contributed by atoms with Crippen molar-refractivity contribution in [3.05, 3.63) is 223 Å². The van der Waals surface area contributed by atoms with Crippen LogP contribution < -0.4 is 31.1 Å². The summed E-state index contributed by atoms with van der Waals surface area (Å²) in [5.74, 6) is -0.402. The Hall–Kier alpha value is -6.27. The number of fused-ring (bicyclic) bond motifs is 3. The molecular weight excluding hydrogens is 1150 g/mol. The fourth-order valence-electron chi connectivity index (χ4n) is 6.27. The Bertz CT molecular complexity index is 3220. The zero-order valence-corrected chi connectivity index (χ0v) is 41.9. The topological polar surface area (TPSA) is 170 Å². The third kappa shape index (κ3) is 13.3. The van der Waals surface area contributed by atoms with Crippen LogP contribution in [0.5, 0.6) is 17.2 Å². The fourth-order valence-corrected chi connectivity index (χ4v) is 7.84. The van der Waals surface area contributed by atoms with Gasteiger partial charge in [-0.05, 0) is 148 Å². The van der Waals surface area contributed by atoms with Crippen LogP contribution in [0.2, 0.25) is 5.02 Å². The molecule has 69 heavy (non-hydrogen) atoms. The van der Waals surface area contributed by atoms with Gasteiger partial charge in [0.05, 0.1) is 0 Å². The molecule has 0 radical (unpaired) electrons. The summed E-state index contributed by atoms with van der Waals surface area (Å²) in [6.45, 7) is 0. The molecule has 0 spiro atoms. The maximum Gasteiger partial charge on any atom is 0.351 e. The summed E-state index contributed by atoms with van der Waals surface area (Å²) < 4.78 is 32.8. The highest BCUT2D eigenvalue weighted by Crippen LogP contribution is 2.24. The van der Waals surface area contributed by atoms with Crippen LogP contribution >= 0.6 is 84.9 Å². The number of alkyl halides is 3. The smallest absolute Gasteiger partial charge is 0.351 e. The highest BCUT2D eigenvalue weighted by atomic mass is 127. The molecule has 0 aliphatic heterocycles. The summed E-state index contributed by atoms with van der Waals surface area (Å²) in [6, 6.07) is 40.0. The molecule has 18 heteroatoms. The van der Waals surface area contributed by atoms with Gasteiger partial charge < -0.3 is 27.5 Å². The first-order chi connectivity index (χ1) is 33.2. The second-order valence-corrected chi connectivity index (χ2v) is 17.8. The van der Waals surface area contributed by atoms with Crippen LogP contribution in [0, 0.1) is 3.57 Å². The second-order valence-electron chi connectivity index (χ2n) is 14.4. The van der Waals surface area contributed by atoms with Crippen LogP contribution in [0.4, 0.5) is 0 Å². The molecule has 0 bridgehead atoms. The first-order valence-electron chi connectivity index (χ1n) is 20.0. The molecule has 0 N–H and O–H groups in total. The van der Waals surface area contributed by atoms with E-state index in [0.29, 0.717) is 67.1 Å².